The Morgan fingerprint density at radius 2 is 1.72 bits per heavy atom. The van der Waals surface area contributed by atoms with Crippen molar-refractivity contribution in [2.75, 3.05) is 41.5 Å². The molecular formula is C50H60FN9O7S2. The molecule has 4 aliphatic carbocycles. The molecule has 16 nitrogen and oxygen atoms in total. The number of aliphatic hydroxyl groups is 2. The van der Waals surface area contributed by atoms with Crippen molar-refractivity contribution in [3.63, 3.8) is 0 Å². The van der Waals surface area contributed by atoms with E-state index in [1.807, 2.05) is 44.0 Å². The lowest BCUT2D eigenvalue weighted by Gasteiger charge is -2.62. The van der Waals surface area contributed by atoms with Crippen LogP contribution in [0.5, 0.6) is 0 Å². The molecule has 0 spiro atoms. The predicted molar refractivity (Wildman–Crippen MR) is 266 cm³/mol. The zero-order valence-corrected chi connectivity index (χ0v) is 40.8. The number of nitrogens with one attached hydrogen (secondary N) is 2. The minimum Gasteiger partial charge on any atom is -0.480 e. The maximum atomic E-state index is 17.5. The van der Waals surface area contributed by atoms with Crippen LogP contribution in [0.15, 0.2) is 78.5 Å². The zero-order valence-electron chi connectivity index (χ0n) is 39.2. The number of carbonyl (C=O) groups is 4. The van der Waals surface area contributed by atoms with E-state index in [2.05, 4.69) is 36.6 Å². The summed E-state index contributed by atoms with van der Waals surface area (Å²) in [5, 5.41) is 39.5. The number of rotatable bonds is 17. The first-order valence-electron chi connectivity index (χ1n) is 23.2. The summed E-state index contributed by atoms with van der Waals surface area (Å²) in [6, 6.07) is 13.8. The number of aromatic nitrogens is 4. The van der Waals surface area contributed by atoms with Crippen molar-refractivity contribution in [2.24, 2.45) is 28.6 Å². The van der Waals surface area contributed by atoms with Crippen LogP contribution in [0.2, 0.25) is 0 Å². The first kappa shape index (κ1) is 49.8. The van der Waals surface area contributed by atoms with Crippen molar-refractivity contribution in [2.45, 2.75) is 94.3 Å². The first-order chi connectivity index (χ1) is 32.8. The highest BCUT2D eigenvalue weighted by molar-refractivity contribution is 7.98. The molecule has 4 aliphatic rings. The molecule has 69 heavy (non-hydrogen) atoms. The SMILES string of the molecule is C[C@@H]1C[C@H]2C3CCC4=CC(=O)C=C[C@]4(C)[C@@]3(F)[C@@H](O)C[C@]2(C)[C@@]1(O)C(=O)NCCSCc1cccc(CSCC[C@H](NC(=O)c2ccc(N(C)Cc3cnc4nc(N)nc(N)c4n3)cc2)C(=O)O)c1. The maximum absolute atomic E-state index is 17.5. The van der Waals surface area contributed by atoms with Gasteiger partial charge in [-0.3, -0.25) is 14.4 Å². The number of nitrogen functional groups attached to an aromatic ring is 2. The smallest absolute Gasteiger partial charge is 0.326 e. The molecule has 366 valence electrons. The average Bonchev–Trinajstić information content (AvgIpc) is 3.51. The minimum absolute atomic E-state index is 0.0147. The van der Waals surface area contributed by atoms with E-state index in [1.54, 1.807) is 67.0 Å². The Labute approximate surface area is 408 Å². The second-order valence-electron chi connectivity index (χ2n) is 19.4. The quantitative estimate of drug-likeness (QED) is 0.0652. The number of nitrogens with zero attached hydrogens (tertiary/aromatic N) is 5. The molecule has 0 saturated heterocycles. The fourth-order valence-electron chi connectivity index (χ4n) is 11.6. The third kappa shape index (κ3) is 9.30. The zero-order chi connectivity index (χ0) is 49.5. The highest BCUT2D eigenvalue weighted by atomic mass is 32.2. The van der Waals surface area contributed by atoms with E-state index in [1.165, 1.54) is 12.2 Å². The fourth-order valence-corrected chi connectivity index (χ4v) is 13.3. The number of anilines is 3. The summed E-state index contributed by atoms with van der Waals surface area (Å²) in [5.74, 6) is -1.10. The van der Waals surface area contributed by atoms with Gasteiger partial charge in [-0.05, 0) is 104 Å². The molecule has 9 N–H and O–H groups in total. The largest absolute Gasteiger partial charge is 0.480 e. The highest BCUT2D eigenvalue weighted by Gasteiger charge is 2.75. The molecule has 1 unspecified atom stereocenters. The van der Waals surface area contributed by atoms with Crippen LogP contribution in [0.3, 0.4) is 0 Å². The minimum atomic E-state index is -2.03. The van der Waals surface area contributed by atoms with Gasteiger partial charge in [0.2, 0.25) is 5.95 Å². The topological polar surface area (TPSA) is 260 Å². The van der Waals surface area contributed by atoms with Gasteiger partial charge in [0.25, 0.3) is 11.8 Å². The summed E-state index contributed by atoms with van der Waals surface area (Å²) in [6.07, 6.45) is 6.20. The van der Waals surface area contributed by atoms with Crippen molar-refractivity contribution >= 4 is 75.7 Å². The van der Waals surface area contributed by atoms with E-state index in [0.29, 0.717) is 83.4 Å². The number of thioether (sulfide) groups is 2. The lowest BCUT2D eigenvalue weighted by Crippen LogP contribution is -2.70. The molecule has 8 rings (SSSR count). The van der Waals surface area contributed by atoms with Crippen molar-refractivity contribution in [1.82, 2.24) is 30.6 Å². The van der Waals surface area contributed by atoms with Crippen molar-refractivity contribution in [3.8, 4) is 0 Å². The number of carboxylic acid groups (broad SMARTS) is 1. The van der Waals surface area contributed by atoms with Crippen LogP contribution in [0.1, 0.15) is 80.1 Å². The number of halogens is 1. The summed E-state index contributed by atoms with van der Waals surface area (Å²) < 4.78 is 17.5. The van der Waals surface area contributed by atoms with Gasteiger partial charge in [-0.1, -0.05) is 49.8 Å². The molecule has 0 bridgehead atoms. The molecule has 9 atom stereocenters. The molecule has 2 aromatic carbocycles. The molecule has 0 radical (unpaired) electrons. The van der Waals surface area contributed by atoms with Gasteiger partial charge in [-0.25, -0.2) is 19.2 Å². The summed E-state index contributed by atoms with van der Waals surface area (Å²) in [4.78, 5) is 70.2. The third-order valence-corrected chi connectivity index (χ3v) is 17.3. The number of carbonyl (C=O) groups excluding carboxylic acids is 3. The number of carboxylic acids is 1. The van der Waals surface area contributed by atoms with Gasteiger partial charge in [0.05, 0.1) is 24.5 Å². The summed E-state index contributed by atoms with van der Waals surface area (Å²) >= 11 is 3.21. The van der Waals surface area contributed by atoms with E-state index in [9.17, 15) is 34.5 Å². The summed E-state index contributed by atoms with van der Waals surface area (Å²) in [5.41, 5.74) is 10.8. The van der Waals surface area contributed by atoms with Crippen molar-refractivity contribution < 1.29 is 38.9 Å². The number of hydrogen-bond acceptors (Lipinski definition) is 15. The summed E-state index contributed by atoms with van der Waals surface area (Å²) in [6.45, 7) is 6.12. The van der Waals surface area contributed by atoms with E-state index in [0.717, 1.165) is 16.8 Å². The van der Waals surface area contributed by atoms with Crippen LogP contribution in [-0.2, 0) is 32.4 Å². The fraction of sp³-hybridized carbons (Fsp3) is 0.480. The Bertz CT molecular complexity index is 2710. The Hall–Kier alpha value is -5.63. The number of fused-ring (bicyclic) bond motifs is 6. The van der Waals surface area contributed by atoms with Crippen LogP contribution in [0.25, 0.3) is 11.2 Å². The Balaban J connectivity index is 0.768. The van der Waals surface area contributed by atoms with Crippen molar-refractivity contribution in [1.29, 1.82) is 0 Å². The number of aliphatic carboxylic acids is 1. The van der Waals surface area contributed by atoms with Gasteiger partial charge in [0.1, 0.15) is 6.04 Å². The van der Waals surface area contributed by atoms with E-state index in [4.69, 9.17) is 11.5 Å². The van der Waals surface area contributed by atoms with Crippen molar-refractivity contribution in [3.05, 3.63) is 101 Å². The second kappa shape index (κ2) is 19.6. The molecule has 3 fully saturated rings. The van der Waals surface area contributed by atoms with Gasteiger partial charge in [0.15, 0.2) is 34.0 Å². The Morgan fingerprint density at radius 1 is 1.01 bits per heavy atom. The van der Waals surface area contributed by atoms with E-state index in [-0.39, 0.29) is 36.3 Å². The molecule has 2 aromatic heterocycles. The van der Waals surface area contributed by atoms with Crippen LogP contribution in [0, 0.1) is 28.6 Å². The first-order valence-corrected chi connectivity index (χ1v) is 25.5. The Kier molecular flexibility index (Phi) is 14.2. The lowest BCUT2D eigenvalue weighted by molar-refractivity contribution is -0.219. The van der Waals surface area contributed by atoms with E-state index >= 15 is 4.39 Å². The summed E-state index contributed by atoms with van der Waals surface area (Å²) in [7, 11) is 1.86. The van der Waals surface area contributed by atoms with Crippen LogP contribution in [0.4, 0.5) is 21.8 Å². The predicted octanol–water partition coefficient (Wildman–Crippen LogP) is 5.42. The lowest BCUT2D eigenvalue weighted by atomic mass is 9.44. The number of alkyl halides is 1. The number of nitrogens with two attached hydrogens (primary N) is 2. The van der Waals surface area contributed by atoms with Crippen LogP contribution in [-0.4, -0.2) is 107 Å². The second-order valence-corrected chi connectivity index (χ2v) is 21.6. The normalized spacial score (nSPS) is 28.5. The molecule has 2 heterocycles. The molecule has 4 aromatic rings. The number of ketones is 1. The number of hydrogen-bond donors (Lipinski definition) is 7. The molecular weight excluding hydrogens is 922 g/mol. The standard InChI is InChI=1S/C50H60FN9O7S2/c1-28-20-37-36-13-10-32-22-35(61)14-16-47(32,2)49(36,51)39(62)23-48(37,3)50(28,67)45(66)54-17-19-69-27-30-7-5-6-29(21-30)26-68-18-15-38(44(64)65)57-43(63)31-8-11-34(12-9-31)60(4)25-33-24-55-42-40(56-33)41(52)58-46(53)59-42/h5-9,11-12,14,16,21-22,24,28,36-39,62,67H,10,13,15,17-20,23,25-27H2,1-4H3,(H,54,66)(H,57,63)(H,64,65)(H4,52,53,55,58,59)/t28-,36?,37+,38+,39+,47+,48+,49+,50+/m1/s1. The van der Waals surface area contributed by atoms with E-state index < -0.39 is 63.9 Å². The highest BCUT2D eigenvalue weighted by Crippen LogP contribution is 2.70. The number of amides is 2. The van der Waals surface area contributed by atoms with Gasteiger partial charge < -0.3 is 42.3 Å². The Morgan fingerprint density at radius 3 is 2.43 bits per heavy atom. The molecule has 3 saturated carbocycles. The van der Waals surface area contributed by atoms with Gasteiger partial charge in [-0.15, -0.1) is 0 Å². The van der Waals surface area contributed by atoms with Gasteiger partial charge in [0, 0.05) is 58.8 Å². The maximum Gasteiger partial charge on any atom is 0.326 e. The van der Waals surface area contributed by atoms with Crippen LogP contribution < -0.4 is 27.0 Å². The third-order valence-electron chi connectivity index (χ3n) is 15.3. The molecule has 0 aliphatic heterocycles. The number of aliphatic hydroxyl groups excluding tert-OH is 1. The molecule has 19 heteroatoms. The van der Waals surface area contributed by atoms with Gasteiger partial charge in [-0.2, -0.15) is 33.5 Å². The molecule has 2 amide bonds. The van der Waals surface area contributed by atoms with Gasteiger partial charge >= 0.3 is 5.97 Å². The number of benzene rings is 2. The van der Waals surface area contributed by atoms with Crippen LogP contribution >= 0.6 is 23.5 Å². The monoisotopic (exact) mass is 981 g/mol. The average molecular weight is 982 g/mol. The number of allylic oxidation sites excluding steroid dienone is 4.